The number of hydrogen-bond acceptors (Lipinski definition) is 9. The second-order valence-corrected chi connectivity index (χ2v) is 11.2. The molecule has 13 nitrogen and oxygen atoms in total. The van der Waals surface area contributed by atoms with Crippen LogP contribution in [0.4, 0.5) is 16.3 Å². The maximum absolute atomic E-state index is 12.8. The Hall–Kier alpha value is -4.94. The van der Waals surface area contributed by atoms with Crippen LogP contribution in [-0.2, 0) is 9.59 Å². The number of carbonyl (C=O) groups is 3. The van der Waals surface area contributed by atoms with E-state index in [0.29, 0.717) is 40.9 Å². The molecular formula is C29H29N9O4. The van der Waals surface area contributed by atoms with Crippen LogP contribution in [0.3, 0.4) is 0 Å². The predicted molar refractivity (Wildman–Crippen MR) is 150 cm³/mol. The highest BCUT2D eigenvalue weighted by Crippen LogP contribution is 2.46. The number of amides is 4. The number of pyridine rings is 1. The first-order valence-electron chi connectivity index (χ1n) is 14.0. The number of aromatic nitrogens is 6. The van der Waals surface area contributed by atoms with Crippen LogP contribution in [0, 0.1) is 12.8 Å². The molecular weight excluding hydrogens is 538 g/mol. The topological polar surface area (TPSA) is 148 Å². The first kappa shape index (κ1) is 26.0. The number of anilines is 2. The summed E-state index contributed by atoms with van der Waals surface area (Å²) in [5.41, 5.74) is 3.78. The smallest absolute Gasteiger partial charge is 0.331 e. The Bertz CT molecular complexity index is 1750. The van der Waals surface area contributed by atoms with Gasteiger partial charge in [-0.25, -0.2) is 19.7 Å². The predicted octanol–water partition coefficient (Wildman–Crippen LogP) is 3.38. The Morgan fingerprint density at radius 3 is 2.74 bits per heavy atom. The minimum atomic E-state index is -0.486. The molecule has 3 fully saturated rings. The maximum atomic E-state index is 12.8. The molecule has 7 rings (SSSR count). The van der Waals surface area contributed by atoms with Crippen molar-refractivity contribution in [3.05, 3.63) is 65.8 Å². The molecule has 0 radical (unpaired) electrons. The van der Waals surface area contributed by atoms with Crippen LogP contribution in [0.15, 0.2) is 43.0 Å². The molecule has 5 heterocycles. The summed E-state index contributed by atoms with van der Waals surface area (Å²) >= 11 is 0. The van der Waals surface area contributed by atoms with Crippen LogP contribution in [0.25, 0.3) is 5.65 Å². The molecule has 214 valence electrons. The number of likely N-dealkylation sites (N-methyl/N-ethyl adjacent to an activating group) is 1. The third-order valence-corrected chi connectivity index (χ3v) is 7.98. The molecule has 42 heavy (non-hydrogen) atoms. The van der Waals surface area contributed by atoms with Crippen LogP contribution < -0.4 is 15.0 Å². The number of ether oxygens (including phenoxy) is 1. The fraction of sp³-hybridized carbons (Fsp3) is 0.379. The molecule has 2 aliphatic carbocycles. The number of aryl methyl sites for hydroxylation is 1. The van der Waals surface area contributed by atoms with Crippen molar-refractivity contribution >= 4 is 35.0 Å². The lowest BCUT2D eigenvalue weighted by atomic mass is 10.1. The van der Waals surface area contributed by atoms with Gasteiger partial charge in [0.05, 0.1) is 17.6 Å². The average Bonchev–Trinajstić information content (AvgIpc) is 3.90. The molecule has 13 heteroatoms. The van der Waals surface area contributed by atoms with Crippen LogP contribution in [-0.4, -0.2) is 65.9 Å². The Labute approximate surface area is 240 Å². The molecule has 0 spiro atoms. The zero-order chi connectivity index (χ0) is 29.1. The van der Waals surface area contributed by atoms with Gasteiger partial charge in [0, 0.05) is 49.2 Å². The number of nitrogens with one attached hydrogen (secondary N) is 1. The zero-order valence-corrected chi connectivity index (χ0v) is 23.4. The van der Waals surface area contributed by atoms with Crippen LogP contribution in [0.2, 0.25) is 0 Å². The fourth-order valence-electron chi connectivity index (χ4n) is 5.32. The Balaban J connectivity index is 1.08. The SMILES string of the molecule is Cc1ccnc([C@H]2C[C@@H]2C(=O)Nc2cc(O[C@H](C)c3cn4cc(C5CC5)cc(N5CC(=O)N(C)C5=O)c4n3)cnn2)n1. The van der Waals surface area contributed by atoms with E-state index in [1.165, 1.54) is 18.1 Å². The molecule has 1 saturated heterocycles. The number of fused-ring (bicyclic) bond motifs is 1. The molecule has 0 bridgehead atoms. The van der Waals surface area contributed by atoms with Crippen LogP contribution in [0.1, 0.15) is 66.9 Å². The second-order valence-electron chi connectivity index (χ2n) is 11.2. The number of imide groups is 1. The van der Waals surface area contributed by atoms with Gasteiger partial charge < -0.3 is 14.5 Å². The quantitative estimate of drug-likeness (QED) is 0.316. The lowest BCUT2D eigenvalue weighted by molar-refractivity contribution is -0.124. The molecule has 1 N–H and O–H groups in total. The first-order chi connectivity index (χ1) is 20.2. The van der Waals surface area contributed by atoms with Crippen molar-refractivity contribution < 1.29 is 19.1 Å². The summed E-state index contributed by atoms with van der Waals surface area (Å²) in [6, 6.07) is 5.05. The van der Waals surface area contributed by atoms with E-state index in [-0.39, 0.29) is 42.0 Å². The average molecular weight is 568 g/mol. The van der Waals surface area contributed by atoms with Gasteiger partial charge in [0.2, 0.25) is 11.8 Å². The molecule has 2 saturated carbocycles. The van der Waals surface area contributed by atoms with Crippen molar-refractivity contribution in [1.29, 1.82) is 0 Å². The lowest BCUT2D eigenvalue weighted by Gasteiger charge is -2.17. The summed E-state index contributed by atoms with van der Waals surface area (Å²) in [4.78, 5) is 54.1. The number of imidazole rings is 1. The number of carbonyl (C=O) groups excluding carboxylic acids is 3. The Morgan fingerprint density at radius 2 is 2.00 bits per heavy atom. The third-order valence-electron chi connectivity index (χ3n) is 7.98. The van der Waals surface area contributed by atoms with Gasteiger partial charge in [0.15, 0.2) is 11.5 Å². The molecule has 4 aromatic rings. The van der Waals surface area contributed by atoms with Crippen molar-refractivity contribution in [2.45, 2.75) is 51.0 Å². The molecule has 0 aromatic carbocycles. The van der Waals surface area contributed by atoms with E-state index < -0.39 is 6.10 Å². The van der Waals surface area contributed by atoms with Gasteiger partial charge in [-0.15, -0.1) is 5.10 Å². The summed E-state index contributed by atoms with van der Waals surface area (Å²) in [6.07, 6.45) is 9.46. The molecule has 4 aromatic heterocycles. The van der Waals surface area contributed by atoms with Crippen molar-refractivity contribution in [2.24, 2.45) is 5.92 Å². The monoisotopic (exact) mass is 567 g/mol. The van der Waals surface area contributed by atoms with Crippen molar-refractivity contribution in [3.8, 4) is 5.75 Å². The van der Waals surface area contributed by atoms with E-state index in [1.807, 2.05) is 42.8 Å². The largest absolute Gasteiger partial charge is 0.483 e. The Morgan fingerprint density at radius 1 is 1.17 bits per heavy atom. The van der Waals surface area contributed by atoms with Crippen LogP contribution >= 0.6 is 0 Å². The van der Waals surface area contributed by atoms with Gasteiger partial charge in [-0.1, -0.05) is 0 Å². The van der Waals surface area contributed by atoms with Crippen molar-refractivity contribution in [1.82, 2.24) is 34.4 Å². The summed E-state index contributed by atoms with van der Waals surface area (Å²) in [5, 5.41) is 10.9. The molecule has 0 unspecified atom stereocenters. The Kier molecular flexibility index (Phi) is 6.10. The number of rotatable bonds is 8. The number of urea groups is 1. The van der Waals surface area contributed by atoms with Gasteiger partial charge >= 0.3 is 6.03 Å². The van der Waals surface area contributed by atoms with Gasteiger partial charge in [-0.2, -0.15) is 5.10 Å². The summed E-state index contributed by atoms with van der Waals surface area (Å²) in [6.45, 7) is 3.73. The minimum absolute atomic E-state index is 0.00736. The lowest BCUT2D eigenvalue weighted by Crippen LogP contribution is -2.30. The normalized spacial score (nSPS) is 20.7. The van der Waals surface area contributed by atoms with Crippen molar-refractivity contribution in [3.63, 3.8) is 0 Å². The molecule has 3 atom stereocenters. The standard InChI is InChI=1S/C29H29N9O4/c1-15-6-7-30-26(32-15)20-10-21(20)28(40)34-24-9-19(11-31-35-24)42-16(2)22-13-37-12-18(17-4-5-17)8-23(27(37)33-22)38-14-25(39)36(3)29(38)41/h6-9,11-13,16-17,20-21H,4-5,10,14H2,1-3H3,(H,34,35,40)/t16-,20+,21+/m1/s1. The first-order valence-corrected chi connectivity index (χ1v) is 14.0. The fourth-order valence-corrected chi connectivity index (χ4v) is 5.32. The van der Waals surface area contributed by atoms with Gasteiger partial charge in [0.1, 0.15) is 24.2 Å². The maximum Gasteiger partial charge on any atom is 0.331 e. The molecule has 1 aliphatic heterocycles. The second kappa shape index (κ2) is 9.86. The highest BCUT2D eigenvalue weighted by Gasteiger charge is 2.46. The highest BCUT2D eigenvalue weighted by molar-refractivity contribution is 6.13. The summed E-state index contributed by atoms with van der Waals surface area (Å²) in [5.74, 6) is 1.17. The van der Waals surface area contributed by atoms with E-state index in [1.54, 1.807) is 12.3 Å². The van der Waals surface area contributed by atoms with Crippen molar-refractivity contribution in [2.75, 3.05) is 23.8 Å². The van der Waals surface area contributed by atoms with E-state index in [9.17, 15) is 14.4 Å². The zero-order valence-electron chi connectivity index (χ0n) is 23.4. The van der Waals surface area contributed by atoms with E-state index in [4.69, 9.17) is 9.72 Å². The summed E-state index contributed by atoms with van der Waals surface area (Å²) in [7, 11) is 1.49. The van der Waals surface area contributed by atoms with Gasteiger partial charge in [-0.05, 0) is 56.7 Å². The van der Waals surface area contributed by atoms with E-state index in [0.717, 1.165) is 29.0 Å². The van der Waals surface area contributed by atoms with Gasteiger partial charge in [-0.3, -0.25) is 19.4 Å². The number of hydrogen-bond donors (Lipinski definition) is 1. The number of nitrogens with zero attached hydrogens (tertiary/aromatic N) is 8. The third kappa shape index (κ3) is 4.80. The highest BCUT2D eigenvalue weighted by atomic mass is 16.5. The molecule has 4 amide bonds. The molecule has 3 aliphatic rings. The van der Waals surface area contributed by atoms with E-state index in [2.05, 4.69) is 25.5 Å². The summed E-state index contributed by atoms with van der Waals surface area (Å²) < 4.78 is 8.05. The van der Waals surface area contributed by atoms with Crippen LogP contribution in [0.5, 0.6) is 5.75 Å². The minimum Gasteiger partial charge on any atom is -0.483 e. The van der Waals surface area contributed by atoms with E-state index >= 15 is 0 Å². The van der Waals surface area contributed by atoms with Gasteiger partial charge in [0.25, 0.3) is 0 Å².